The molecular formula is C16H20O2. The van der Waals surface area contributed by atoms with E-state index in [4.69, 9.17) is 5.11 Å². The Morgan fingerprint density at radius 1 is 1.17 bits per heavy atom. The Bertz CT molecular complexity index is 425. The summed E-state index contributed by atoms with van der Waals surface area (Å²) in [6, 6.07) is 8.39. The van der Waals surface area contributed by atoms with Gasteiger partial charge in [0.1, 0.15) is 0 Å². The van der Waals surface area contributed by atoms with Gasteiger partial charge in [0.25, 0.3) is 0 Å². The van der Waals surface area contributed by atoms with Crippen LogP contribution in [0, 0.1) is 0 Å². The van der Waals surface area contributed by atoms with Gasteiger partial charge in [0, 0.05) is 12.0 Å². The van der Waals surface area contributed by atoms with E-state index in [1.165, 1.54) is 37.7 Å². The molecule has 1 saturated carbocycles. The van der Waals surface area contributed by atoms with Crippen molar-refractivity contribution >= 4 is 5.97 Å². The molecule has 0 unspecified atom stereocenters. The van der Waals surface area contributed by atoms with Crippen LogP contribution in [-0.2, 0) is 11.2 Å². The predicted molar refractivity (Wildman–Crippen MR) is 72.7 cm³/mol. The summed E-state index contributed by atoms with van der Waals surface area (Å²) in [4.78, 5) is 10.7. The van der Waals surface area contributed by atoms with Crippen LogP contribution in [0.3, 0.4) is 0 Å². The van der Waals surface area contributed by atoms with Crippen LogP contribution in [0.5, 0.6) is 0 Å². The van der Waals surface area contributed by atoms with E-state index in [0.717, 1.165) is 5.56 Å². The highest BCUT2D eigenvalue weighted by Crippen LogP contribution is 2.32. The topological polar surface area (TPSA) is 37.3 Å². The quantitative estimate of drug-likeness (QED) is 0.815. The maximum Gasteiger partial charge on any atom is 0.331 e. The molecule has 1 aliphatic rings. The van der Waals surface area contributed by atoms with Crippen molar-refractivity contribution in [3.8, 4) is 0 Å². The van der Waals surface area contributed by atoms with Crippen molar-refractivity contribution in [3.05, 3.63) is 47.5 Å². The lowest BCUT2D eigenvalue weighted by molar-refractivity contribution is -0.132. The molecule has 1 aromatic carbocycles. The largest absolute Gasteiger partial charge is 0.478 e. The summed E-state index contributed by atoms with van der Waals surface area (Å²) in [5.41, 5.74) is 2.68. The van der Waals surface area contributed by atoms with Crippen LogP contribution >= 0.6 is 0 Å². The summed E-state index contributed by atoms with van der Waals surface area (Å²) in [6.45, 7) is 3.56. The maximum atomic E-state index is 10.7. The molecule has 0 saturated heterocycles. The standard InChI is InChI=1S/C16H20O2/c1-12(16(17)18)11-13-7-9-15(10-8-13)14-5-3-2-4-6-14/h7-10,14H,1-6,11H2,(H,17,18). The third-order valence-corrected chi connectivity index (χ3v) is 3.78. The molecule has 0 aliphatic heterocycles. The number of hydrogen-bond acceptors (Lipinski definition) is 1. The first-order valence-corrected chi connectivity index (χ1v) is 6.66. The summed E-state index contributed by atoms with van der Waals surface area (Å²) in [6.07, 6.45) is 7.06. The Labute approximate surface area is 108 Å². The van der Waals surface area contributed by atoms with Gasteiger partial charge in [0.2, 0.25) is 0 Å². The average molecular weight is 244 g/mol. The molecule has 0 bridgehead atoms. The zero-order valence-corrected chi connectivity index (χ0v) is 10.7. The van der Waals surface area contributed by atoms with Crippen LogP contribution < -0.4 is 0 Å². The van der Waals surface area contributed by atoms with Gasteiger partial charge in [-0.2, -0.15) is 0 Å². The lowest BCUT2D eigenvalue weighted by Crippen LogP contribution is -2.05. The lowest BCUT2D eigenvalue weighted by Gasteiger charge is -2.22. The highest BCUT2D eigenvalue weighted by atomic mass is 16.4. The highest BCUT2D eigenvalue weighted by molar-refractivity contribution is 5.86. The van der Waals surface area contributed by atoms with Crippen molar-refractivity contribution in [3.63, 3.8) is 0 Å². The van der Waals surface area contributed by atoms with E-state index in [2.05, 4.69) is 18.7 Å². The van der Waals surface area contributed by atoms with Gasteiger partial charge in [0.05, 0.1) is 0 Å². The second-order valence-corrected chi connectivity index (χ2v) is 5.16. The number of carboxylic acids is 1. The molecule has 0 spiro atoms. The van der Waals surface area contributed by atoms with Gasteiger partial charge in [0.15, 0.2) is 0 Å². The SMILES string of the molecule is C=C(Cc1ccc(C2CCCCC2)cc1)C(=O)O. The van der Waals surface area contributed by atoms with Gasteiger partial charge in [-0.3, -0.25) is 0 Å². The van der Waals surface area contributed by atoms with Crippen molar-refractivity contribution in [1.29, 1.82) is 0 Å². The fraction of sp³-hybridized carbons (Fsp3) is 0.438. The third kappa shape index (κ3) is 3.22. The third-order valence-electron chi connectivity index (χ3n) is 3.78. The molecule has 2 rings (SSSR count). The van der Waals surface area contributed by atoms with Crippen molar-refractivity contribution in [2.45, 2.75) is 44.4 Å². The highest BCUT2D eigenvalue weighted by Gasteiger charge is 2.15. The zero-order chi connectivity index (χ0) is 13.0. The molecule has 1 aromatic rings. The molecule has 2 nitrogen and oxygen atoms in total. The first-order valence-electron chi connectivity index (χ1n) is 6.66. The van der Waals surface area contributed by atoms with E-state index in [9.17, 15) is 4.79 Å². The minimum Gasteiger partial charge on any atom is -0.478 e. The summed E-state index contributed by atoms with van der Waals surface area (Å²) in [5, 5.41) is 8.80. The van der Waals surface area contributed by atoms with E-state index in [0.29, 0.717) is 12.3 Å². The van der Waals surface area contributed by atoms with E-state index >= 15 is 0 Å². The first kappa shape index (κ1) is 12.9. The molecule has 1 aliphatic carbocycles. The Morgan fingerprint density at radius 2 is 1.78 bits per heavy atom. The Morgan fingerprint density at radius 3 is 2.33 bits per heavy atom. The summed E-state index contributed by atoms with van der Waals surface area (Å²) < 4.78 is 0. The molecule has 1 fully saturated rings. The monoisotopic (exact) mass is 244 g/mol. The van der Waals surface area contributed by atoms with Crippen LogP contribution in [0.1, 0.15) is 49.1 Å². The van der Waals surface area contributed by atoms with Crippen LogP contribution in [0.15, 0.2) is 36.4 Å². The fourth-order valence-corrected chi connectivity index (χ4v) is 2.67. The van der Waals surface area contributed by atoms with E-state index in [1.807, 2.05) is 12.1 Å². The van der Waals surface area contributed by atoms with Gasteiger partial charge >= 0.3 is 5.97 Å². The molecule has 0 atom stereocenters. The fourth-order valence-electron chi connectivity index (χ4n) is 2.67. The molecule has 1 N–H and O–H groups in total. The Balaban J connectivity index is 2.00. The van der Waals surface area contributed by atoms with Crippen molar-refractivity contribution < 1.29 is 9.90 Å². The second-order valence-electron chi connectivity index (χ2n) is 5.16. The predicted octanol–water partition coefficient (Wildman–Crippen LogP) is 3.92. The summed E-state index contributed by atoms with van der Waals surface area (Å²) in [5.74, 6) is -0.207. The number of aliphatic carboxylic acids is 1. The number of carboxylic acid groups (broad SMARTS) is 1. The van der Waals surface area contributed by atoms with Gasteiger partial charge in [-0.25, -0.2) is 4.79 Å². The number of rotatable bonds is 4. The van der Waals surface area contributed by atoms with Crippen LogP contribution in [0.25, 0.3) is 0 Å². The number of carbonyl (C=O) groups is 1. The Kier molecular flexibility index (Phi) is 4.19. The van der Waals surface area contributed by atoms with Crippen LogP contribution in [0.2, 0.25) is 0 Å². The first-order chi connectivity index (χ1) is 8.66. The minimum atomic E-state index is -0.911. The normalized spacial score (nSPS) is 16.4. The minimum absolute atomic E-state index is 0.250. The van der Waals surface area contributed by atoms with Crippen molar-refractivity contribution in [1.82, 2.24) is 0 Å². The van der Waals surface area contributed by atoms with Gasteiger partial charge < -0.3 is 5.11 Å². The maximum absolute atomic E-state index is 10.7. The summed E-state index contributed by atoms with van der Waals surface area (Å²) in [7, 11) is 0. The van der Waals surface area contributed by atoms with E-state index < -0.39 is 5.97 Å². The van der Waals surface area contributed by atoms with Gasteiger partial charge in [-0.05, 0) is 29.9 Å². The molecule has 96 valence electrons. The molecule has 0 amide bonds. The van der Waals surface area contributed by atoms with E-state index in [1.54, 1.807) is 0 Å². The van der Waals surface area contributed by atoms with Crippen LogP contribution in [-0.4, -0.2) is 11.1 Å². The Hall–Kier alpha value is -1.57. The molecule has 18 heavy (non-hydrogen) atoms. The van der Waals surface area contributed by atoms with Gasteiger partial charge in [-0.15, -0.1) is 0 Å². The second kappa shape index (κ2) is 5.85. The van der Waals surface area contributed by atoms with Crippen molar-refractivity contribution in [2.24, 2.45) is 0 Å². The number of hydrogen-bond donors (Lipinski definition) is 1. The smallest absolute Gasteiger partial charge is 0.331 e. The van der Waals surface area contributed by atoms with Crippen molar-refractivity contribution in [2.75, 3.05) is 0 Å². The molecule has 0 radical (unpaired) electrons. The zero-order valence-electron chi connectivity index (χ0n) is 10.7. The number of benzene rings is 1. The molecule has 0 aromatic heterocycles. The summed E-state index contributed by atoms with van der Waals surface area (Å²) >= 11 is 0. The molecule has 2 heteroatoms. The van der Waals surface area contributed by atoms with Crippen LogP contribution in [0.4, 0.5) is 0 Å². The van der Waals surface area contributed by atoms with E-state index in [-0.39, 0.29) is 5.57 Å². The lowest BCUT2D eigenvalue weighted by atomic mass is 9.84. The van der Waals surface area contributed by atoms with Gasteiger partial charge in [-0.1, -0.05) is 50.1 Å². The molecule has 0 heterocycles. The molecular weight excluding hydrogens is 224 g/mol. The average Bonchev–Trinajstić information content (AvgIpc) is 2.40.